The minimum Gasteiger partial charge on any atom is -0.388 e. The molecule has 0 fully saturated rings. The zero-order valence-electron chi connectivity index (χ0n) is 10.5. The van der Waals surface area contributed by atoms with Gasteiger partial charge in [-0.3, -0.25) is 0 Å². The lowest BCUT2D eigenvalue weighted by Gasteiger charge is -2.20. The van der Waals surface area contributed by atoms with Crippen LogP contribution in [0.2, 0.25) is 0 Å². The van der Waals surface area contributed by atoms with Crippen molar-refractivity contribution in [1.82, 2.24) is 0 Å². The Labute approximate surface area is 107 Å². The molecule has 0 radical (unpaired) electrons. The Kier molecular flexibility index (Phi) is 4.57. The molecule has 2 heteroatoms. The molecule has 1 nitrogen and oxygen atoms in total. The summed E-state index contributed by atoms with van der Waals surface area (Å²) >= 11 is 3.46. The van der Waals surface area contributed by atoms with Crippen LogP contribution in [0, 0.1) is 12.3 Å². The van der Waals surface area contributed by atoms with Crippen molar-refractivity contribution in [1.29, 1.82) is 0 Å². The number of rotatable bonds is 3. The van der Waals surface area contributed by atoms with E-state index in [1.165, 1.54) is 5.56 Å². The van der Waals surface area contributed by atoms with Crippen LogP contribution in [-0.4, -0.2) is 5.11 Å². The second-order valence-corrected chi connectivity index (χ2v) is 6.59. The van der Waals surface area contributed by atoms with Crippen molar-refractivity contribution in [3.05, 3.63) is 33.8 Å². The van der Waals surface area contributed by atoms with Crippen LogP contribution in [0.4, 0.5) is 0 Å². The summed E-state index contributed by atoms with van der Waals surface area (Å²) in [4.78, 5) is 0. The molecule has 1 N–H and O–H groups in total. The lowest BCUT2D eigenvalue weighted by molar-refractivity contribution is 0.147. The van der Waals surface area contributed by atoms with Gasteiger partial charge in [-0.15, -0.1) is 0 Å². The Morgan fingerprint density at radius 2 is 1.88 bits per heavy atom. The lowest BCUT2D eigenvalue weighted by Crippen LogP contribution is -2.08. The highest BCUT2D eigenvalue weighted by atomic mass is 79.9. The first-order valence-electron chi connectivity index (χ1n) is 5.73. The van der Waals surface area contributed by atoms with Crippen molar-refractivity contribution in [2.75, 3.05) is 0 Å². The van der Waals surface area contributed by atoms with Crippen molar-refractivity contribution >= 4 is 15.9 Å². The second kappa shape index (κ2) is 5.33. The molecular formula is C14H21BrO. The molecule has 0 spiro atoms. The molecule has 0 heterocycles. The summed E-state index contributed by atoms with van der Waals surface area (Å²) in [6.07, 6.45) is 1.49. The smallest absolute Gasteiger partial charge is 0.0790 e. The largest absolute Gasteiger partial charge is 0.388 e. The molecule has 90 valence electrons. The highest BCUT2D eigenvalue weighted by Gasteiger charge is 2.15. The zero-order valence-corrected chi connectivity index (χ0v) is 12.1. The van der Waals surface area contributed by atoms with Crippen molar-refractivity contribution < 1.29 is 5.11 Å². The van der Waals surface area contributed by atoms with Gasteiger partial charge in [0.15, 0.2) is 0 Å². The van der Waals surface area contributed by atoms with Gasteiger partial charge in [-0.05, 0) is 48.4 Å². The summed E-state index contributed by atoms with van der Waals surface area (Å²) in [7, 11) is 0. The van der Waals surface area contributed by atoms with Gasteiger partial charge >= 0.3 is 0 Å². The van der Waals surface area contributed by atoms with Crippen molar-refractivity contribution in [3.8, 4) is 0 Å². The minimum atomic E-state index is -0.351. The van der Waals surface area contributed by atoms with Crippen LogP contribution >= 0.6 is 15.9 Å². The maximum absolute atomic E-state index is 10.1. The maximum atomic E-state index is 10.1. The molecule has 0 amide bonds. The summed E-state index contributed by atoms with van der Waals surface area (Å²) < 4.78 is 1.04. The van der Waals surface area contributed by atoms with E-state index in [0.29, 0.717) is 0 Å². The van der Waals surface area contributed by atoms with Crippen LogP contribution in [0.5, 0.6) is 0 Å². The van der Waals surface area contributed by atoms with Crippen LogP contribution < -0.4 is 0 Å². The van der Waals surface area contributed by atoms with Gasteiger partial charge in [0.2, 0.25) is 0 Å². The topological polar surface area (TPSA) is 20.2 Å². The Hall–Kier alpha value is -0.340. The van der Waals surface area contributed by atoms with Gasteiger partial charge < -0.3 is 5.11 Å². The number of aliphatic hydroxyl groups excluding tert-OH is 1. The summed E-state index contributed by atoms with van der Waals surface area (Å²) in [6.45, 7) is 8.65. The fourth-order valence-corrected chi connectivity index (χ4v) is 2.32. The van der Waals surface area contributed by atoms with Crippen LogP contribution in [0.25, 0.3) is 0 Å². The number of aryl methyl sites for hydroxylation is 1. The van der Waals surface area contributed by atoms with Gasteiger partial charge in [0.05, 0.1) is 6.10 Å². The van der Waals surface area contributed by atoms with Crippen LogP contribution in [-0.2, 0) is 0 Å². The van der Waals surface area contributed by atoms with E-state index < -0.39 is 0 Å². The third-order valence-corrected chi connectivity index (χ3v) is 3.07. The highest BCUT2D eigenvalue weighted by molar-refractivity contribution is 9.10. The molecule has 1 aromatic rings. The number of aliphatic hydroxyl groups is 1. The molecular weight excluding hydrogens is 264 g/mol. The highest BCUT2D eigenvalue weighted by Crippen LogP contribution is 2.29. The molecule has 0 saturated heterocycles. The Morgan fingerprint density at radius 1 is 1.25 bits per heavy atom. The molecule has 0 aromatic heterocycles. The van der Waals surface area contributed by atoms with Gasteiger partial charge in [0.25, 0.3) is 0 Å². The van der Waals surface area contributed by atoms with Gasteiger partial charge in [-0.1, -0.05) is 42.8 Å². The normalized spacial score (nSPS) is 13.9. The first-order valence-corrected chi connectivity index (χ1v) is 6.52. The standard InChI is InChI=1S/C14H21BrO/c1-10-7-11(9-12(15)8-10)13(16)5-6-14(2,3)4/h7-9,13,16H,5-6H2,1-4H3. The van der Waals surface area contributed by atoms with E-state index in [1.54, 1.807) is 0 Å². The molecule has 1 atom stereocenters. The number of benzene rings is 1. The van der Waals surface area contributed by atoms with Crippen molar-refractivity contribution in [2.45, 2.75) is 46.6 Å². The number of halogens is 1. The van der Waals surface area contributed by atoms with E-state index in [4.69, 9.17) is 0 Å². The van der Waals surface area contributed by atoms with Crippen molar-refractivity contribution in [3.63, 3.8) is 0 Å². The Morgan fingerprint density at radius 3 is 2.38 bits per heavy atom. The van der Waals surface area contributed by atoms with Gasteiger partial charge in [-0.2, -0.15) is 0 Å². The molecule has 0 saturated carbocycles. The van der Waals surface area contributed by atoms with Crippen LogP contribution in [0.1, 0.15) is 50.8 Å². The lowest BCUT2D eigenvalue weighted by atomic mass is 9.88. The molecule has 1 aromatic carbocycles. The minimum absolute atomic E-state index is 0.280. The first-order chi connectivity index (χ1) is 7.28. The monoisotopic (exact) mass is 284 g/mol. The Balaban J connectivity index is 2.69. The van der Waals surface area contributed by atoms with Crippen molar-refractivity contribution in [2.24, 2.45) is 5.41 Å². The molecule has 16 heavy (non-hydrogen) atoms. The zero-order chi connectivity index (χ0) is 12.3. The van der Waals surface area contributed by atoms with E-state index in [9.17, 15) is 5.11 Å². The molecule has 0 aliphatic carbocycles. The summed E-state index contributed by atoms with van der Waals surface area (Å²) in [5.74, 6) is 0. The van der Waals surface area contributed by atoms with E-state index in [1.807, 2.05) is 13.0 Å². The number of hydrogen-bond acceptors (Lipinski definition) is 1. The molecule has 0 aliphatic heterocycles. The van der Waals surface area contributed by atoms with E-state index in [2.05, 4.69) is 48.8 Å². The summed E-state index contributed by atoms with van der Waals surface area (Å²) in [5, 5.41) is 10.1. The fraction of sp³-hybridized carbons (Fsp3) is 0.571. The van der Waals surface area contributed by atoms with Gasteiger partial charge in [-0.25, -0.2) is 0 Å². The molecule has 0 aliphatic rings. The van der Waals surface area contributed by atoms with E-state index in [-0.39, 0.29) is 11.5 Å². The second-order valence-electron chi connectivity index (χ2n) is 5.68. The Bertz CT molecular complexity index is 332. The van der Waals surface area contributed by atoms with E-state index >= 15 is 0 Å². The number of hydrogen-bond donors (Lipinski definition) is 1. The molecule has 0 bridgehead atoms. The van der Waals surface area contributed by atoms with Gasteiger partial charge in [0.1, 0.15) is 0 Å². The average molecular weight is 285 g/mol. The third-order valence-electron chi connectivity index (χ3n) is 2.62. The summed E-state index contributed by atoms with van der Waals surface area (Å²) in [5.41, 5.74) is 2.47. The predicted molar refractivity (Wildman–Crippen MR) is 72.5 cm³/mol. The molecule has 1 rings (SSSR count). The van der Waals surface area contributed by atoms with Crippen LogP contribution in [0.15, 0.2) is 22.7 Å². The van der Waals surface area contributed by atoms with Gasteiger partial charge in [0, 0.05) is 4.47 Å². The third kappa shape index (κ3) is 4.67. The maximum Gasteiger partial charge on any atom is 0.0790 e. The average Bonchev–Trinajstić information content (AvgIpc) is 2.11. The van der Waals surface area contributed by atoms with E-state index in [0.717, 1.165) is 22.9 Å². The first kappa shape index (κ1) is 13.7. The summed E-state index contributed by atoms with van der Waals surface area (Å²) in [6, 6.07) is 6.11. The fourth-order valence-electron chi connectivity index (χ4n) is 1.69. The molecule has 1 unspecified atom stereocenters. The quantitative estimate of drug-likeness (QED) is 0.859. The predicted octanol–water partition coefficient (Wildman–Crippen LogP) is 4.62. The van der Waals surface area contributed by atoms with Crippen LogP contribution in [0.3, 0.4) is 0 Å². The SMILES string of the molecule is Cc1cc(Br)cc(C(O)CCC(C)(C)C)c1.